The lowest BCUT2D eigenvalue weighted by molar-refractivity contribution is -0.129. The molecule has 1 aromatic heterocycles. The van der Waals surface area contributed by atoms with Crippen LogP contribution in [0, 0.1) is 24.7 Å². The van der Waals surface area contributed by atoms with Gasteiger partial charge in [-0.2, -0.15) is 4.98 Å². The minimum atomic E-state index is -0.410. The number of aromatic nitrogens is 2. The quantitative estimate of drug-likeness (QED) is 0.867. The van der Waals surface area contributed by atoms with Crippen molar-refractivity contribution in [2.45, 2.75) is 76.7 Å². The minimum Gasteiger partial charge on any atom is -0.343 e. The van der Waals surface area contributed by atoms with E-state index in [4.69, 9.17) is 4.52 Å². The van der Waals surface area contributed by atoms with Crippen molar-refractivity contribution in [3.8, 4) is 0 Å². The van der Waals surface area contributed by atoms with Gasteiger partial charge in [-0.05, 0) is 43.9 Å². The van der Waals surface area contributed by atoms with Crippen molar-refractivity contribution in [3.05, 3.63) is 11.7 Å². The molecule has 5 nitrogen and oxygen atoms in total. The van der Waals surface area contributed by atoms with Gasteiger partial charge in [0.25, 0.3) is 0 Å². The van der Waals surface area contributed by atoms with Crippen molar-refractivity contribution in [1.29, 1.82) is 0 Å². The zero-order chi connectivity index (χ0) is 15.9. The Hall–Kier alpha value is -1.39. The topological polar surface area (TPSA) is 68.0 Å². The van der Waals surface area contributed by atoms with Crippen molar-refractivity contribution in [3.63, 3.8) is 0 Å². The second-order valence-electron chi connectivity index (χ2n) is 7.90. The van der Waals surface area contributed by atoms with Gasteiger partial charge in [0.15, 0.2) is 5.82 Å². The lowest BCUT2D eigenvalue weighted by Crippen LogP contribution is -2.49. The summed E-state index contributed by atoms with van der Waals surface area (Å²) in [6.07, 6.45) is 11.4. The second-order valence-corrected chi connectivity index (χ2v) is 7.90. The molecular formula is C18H27N3O2. The first-order valence-electron chi connectivity index (χ1n) is 9.29. The molecule has 3 atom stereocenters. The van der Waals surface area contributed by atoms with E-state index in [0.717, 1.165) is 38.0 Å². The summed E-state index contributed by atoms with van der Waals surface area (Å²) in [5, 5.41) is 7.58. The maximum absolute atomic E-state index is 13.0. The highest BCUT2D eigenvalue weighted by atomic mass is 16.5. The second kappa shape index (κ2) is 5.91. The minimum absolute atomic E-state index is 0.210. The lowest BCUT2D eigenvalue weighted by Gasteiger charge is -2.33. The van der Waals surface area contributed by atoms with Crippen molar-refractivity contribution < 1.29 is 9.32 Å². The number of aryl methyl sites for hydroxylation is 1. The molecule has 3 unspecified atom stereocenters. The molecule has 1 N–H and O–H groups in total. The van der Waals surface area contributed by atoms with Crippen molar-refractivity contribution >= 4 is 5.91 Å². The molecule has 0 saturated heterocycles. The Balaban J connectivity index is 1.56. The number of hydrogen-bond donors (Lipinski definition) is 1. The molecule has 0 aliphatic heterocycles. The van der Waals surface area contributed by atoms with Crippen LogP contribution in [0.1, 0.15) is 75.9 Å². The molecule has 3 aliphatic rings. The van der Waals surface area contributed by atoms with Crippen molar-refractivity contribution in [1.82, 2.24) is 15.5 Å². The standard InChI is InChI=1S/C18H27N3O2/c1-12-19-17(21-23-12)18(8-4-2-3-5-9-18)20-16(22)15-11-13-6-7-14(15)10-13/h13-15H,2-11H2,1H3,(H,20,22). The van der Waals surface area contributed by atoms with E-state index in [0.29, 0.717) is 17.6 Å². The summed E-state index contributed by atoms with van der Waals surface area (Å²) in [5.41, 5.74) is -0.410. The molecule has 126 valence electrons. The predicted molar refractivity (Wildman–Crippen MR) is 85.5 cm³/mol. The van der Waals surface area contributed by atoms with E-state index < -0.39 is 5.54 Å². The van der Waals surface area contributed by atoms with E-state index in [1.807, 2.05) is 6.92 Å². The lowest BCUT2D eigenvalue weighted by atomic mass is 9.84. The number of amides is 1. The predicted octanol–water partition coefficient (Wildman–Crippen LogP) is 3.48. The van der Waals surface area contributed by atoms with Crippen LogP contribution in [0.5, 0.6) is 0 Å². The van der Waals surface area contributed by atoms with Gasteiger partial charge in [0.2, 0.25) is 11.8 Å². The van der Waals surface area contributed by atoms with Crippen LogP contribution in [0.15, 0.2) is 4.52 Å². The van der Waals surface area contributed by atoms with Gasteiger partial charge in [-0.25, -0.2) is 0 Å². The van der Waals surface area contributed by atoms with Crippen LogP contribution >= 0.6 is 0 Å². The van der Waals surface area contributed by atoms with E-state index in [2.05, 4.69) is 15.5 Å². The molecule has 3 saturated carbocycles. The maximum atomic E-state index is 13.0. The van der Waals surface area contributed by atoms with E-state index in [1.54, 1.807) is 0 Å². The molecule has 1 amide bonds. The molecule has 0 aromatic carbocycles. The first-order valence-corrected chi connectivity index (χ1v) is 9.29. The third-order valence-corrected chi connectivity index (χ3v) is 6.35. The summed E-state index contributed by atoms with van der Waals surface area (Å²) >= 11 is 0. The Bertz CT molecular complexity index is 575. The Kier molecular flexibility index (Phi) is 3.90. The molecular weight excluding hydrogens is 290 g/mol. The van der Waals surface area contributed by atoms with E-state index >= 15 is 0 Å². The van der Waals surface area contributed by atoms with Crippen LogP contribution < -0.4 is 5.32 Å². The first kappa shape index (κ1) is 15.2. The molecule has 0 radical (unpaired) electrons. The number of nitrogens with zero attached hydrogens (tertiary/aromatic N) is 2. The monoisotopic (exact) mass is 317 g/mol. The van der Waals surface area contributed by atoms with Crippen molar-refractivity contribution in [2.24, 2.45) is 17.8 Å². The molecule has 1 heterocycles. The van der Waals surface area contributed by atoms with Gasteiger partial charge in [0.1, 0.15) is 5.54 Å². The van der Waals surface area contributed by atoms with Crippen LogP contribution in [0.25, 0.3) is 0 Å². The van der Waals surface area contributed by atoms with Crippen LogP contribution in [0.4, 0.5) is 0 Å². The fraction of sp³-hybridized carbons (Fsp3) is 0.833. The van der Waals surface area contributed by atoms with Gasteiger partial charge in [-0.1, -0.05) is 37.3 Å². The largest absolute Gasteiger partial charge is 0.343 e. The Morgan fingerprint density at radius 2 is 1.96 bits per heavy atom. The summed E-state index contributed by atoms with van der Waals surface area (Å²) in [5.74, 6) is 3.11. The summed E-state index contributed by atoms with van der Waals surface area (Å²) in [6.45, 7) is 1.82. The molecule has 3 aliphatic carbocycles. The van der Waals surface area contributed by atoms with Crippen LogP contribution in [0.2, 0.25) is 0 Å². The molecule has 5 heteroatoms. The van der Waals surface area contributed by atoms with Gasteiger partial charge < -0.3 is 9.84 Å². The maximum Gasteiger partial charge on any atom is 0.224 e. The number of hydrogen-bond acceptors (Lipinski definition) is 4. The first-order chi connectivity index (χ1) is 11.2. The van der Waals surface area contributed by atoms with E-state index in [1.165, 1.54) is 32.1 Å². The Morgan fingerprint density at radius 1 is 1.17 bits per heavy atom. The van der Waals surface area contributed by atoms with Gasteiger partial charge >= 0.3 is 0 Å². The zero-order valence-electron chi connectivity index (χ0n) is 14.0. The van der Waals surface area contributed by atoms with E-state index in [-0.39, 0.29) is 11.8 Å². The third-order valence-electron chi connectivity index (χ3n) is 6.35. The number of nitrogens with one attached hydrogen (secondary N) is 1. The summed E-state index contributed by atoms with van der Waals surface area (Å²) in [6, 6.07) is 0. The van der Waals surface area contributed by atoms with Crippen molar-refractivity contribution in [2.75, 3.05) is 0 Å². The molecule has 23 heavy (non-hydrogen) atoms. The smallest absolute Gasteiger partial charge is 0.224 e. The molecule has 2 bridgehead atoms. The number of fused-ring (bicyclic) bond motifs is 2. The SMILES string of the molecule is Cc1nc(C2(NC(=O)C3CC4CCC3C4)CCCCCC2)no1. The average molecular weight is 317 g/mol. The van der Waals surface area contributed by atoms with Crippen LogP contribution in [-0.4, -0.2) is 16.0 Å². The number of rotatable bonds is 3. The Labute approximate surface area is 137 Å². The van der Waals surface area contributed by atoms with Gasteiger partial charge in [0, 0.05) is 12.8 Å². The normalized spacial score (nSPS) is 32.7. The average Bonchev–Trinajstić information content (AvgIpc) is 3.23. The summed E-state index contributed by atoms with van der Waals surface area (Å²) in [7, 11) is 0. The van der Waals surface area contributed by atoms with Gasteiger partial charge in [-0.15, -0.1) is 0 Å². The summed E-state index contributed by atoms with van der Waals surface area (Å²) in [4.78, 5) is 17.5. The van der Waals surface area contributed by atoms with Crippen LogP contribution in [0.3, 0.4) is 0 Å². The molecule has 1 aromatic rings. The number of carbonyl (C=O) groups is 1. The molecule has 4 rings (SSSR count). The highest BCUT2D eigenvalue weighted by molar-refractivity contribution is 5.80. The third kappa shape index (κ3) is 2.79. The van der Waals surface area contributed by atoms with Crippen LogP contribution in [-0.2, 0) is 10.3 Å². The van der Waals surface area contributed by atoms with Gasteiger partial charge in [0.05, 0.1) is 0 Å². The Morgan fingerprint density at radius 3 is 2.52 bits per heavy atom. The zero-order valence-corrected chi connectivity index (χ0v) is 14.0. The summed E-state index contributed by atoms with van der Waals surface area (Å²) < 4.78 is 5.23. The highest BCUT2D eigenvalue weighted by Crippen LogP contribution is 2.49. The fourth-order valence-corrected chi connectivity index (χ4v) is 5.12. The van der Waals surface area contributed by atoms with E-state index in [9.17, 15) is 4.79 Å². The number of carbonyl (C=O) groups excluding carboxylic acids is 1. The molecule has 3 fully saturated rings. The molecule has 0 spiro atoms. The van der Waals surface area contributed by atoms with Gasteiger partial charge in [-0.3, -0.25) is 4.79 Å². The highest BCUT2D eigenvalue weighted by Gasteiger charge is 2.46. The fourth-order valence-electron chi connectivity index (χ4n) is 5.12.